The molecule has 0 aliphatic rings. The Morgan fingerprint density at radius 3 is 2.59 bits per heavy atom. The average molecular weight is 361 g/mol. The second-order valence-corrected chi connectivity index (χ2v) is 5.04. The Morgan fingerprint density at radius 2 is 1.88 bits per heavy atom. The van der Waals surface area contributed by atoms with E-state index in [-0.39, 0.29) is 0 Å². The summed E-state index contributed by atoms with van der Waals surface area (Å²) >= 11 is 8.17. The molecule has 0 heterocycles. The quantitative estimate of drug-likeness (QED) is 0.736. The van der Waals surface area contributed by atoms with Crippen molar-refractivity contribution in [2.45, 2.75) is 0 Å². The maximum absolute atomic E-state index is 5.93. The van der Waals surface area contributed by atoms with Crippen molar-refractivity contribution in [3.63, 3.8) is 0 Å². The van der Waals surface area contributed by atoms with Gasteiger partial charge in [0.15, 0.2) is 11.5 Å². The normalized spacial score (nSPS) is 10.1. The highest BCUT2D eigenvalue weighted by molar-refractivity contribution is 14.1. The minimum atomic E-state index is 0.613. The average Bonchev–Trinajstić information content (AvgIpc) is 2.29. The van der Waals surface area contributed by atoms with Gasteiger partial charge in [0.2, 0.25) is 0 Å². The van der Waals surface area contributed by atoms with Crippen LogP contribution in [0.1, 0.15) is 0 Å². The zero-order valence-electron chi connectivity index (χ0n) is 9.11. The lowest BCUT2D eigenvalue weighted by Gasteiger charge is -2.10. The van der Waals surface area contributed by atoms with Crippen LogP contribution in [0, 0.1) is 3.57 Å². The Hall–Kier alpha value is -0.940. The third-order valence-corrected chi connectivity index (χ3v) is 3.06. The molecule has 4 heteroatoms. The summed E-state index contributed by atoms with van der Waals surface area (Å²) < 4.78 is 12.1. The summed E-state index contributed by atoms with van der Waals surface area (Å²) in [6.45, 7) is 0. The van der Waals surface area contributed by atoms with Gasteiger partial charge >= 0.3 is 0 Å². The Kier molecular flexibility index (Phi) is 4.12. The van der Waals surface area contributed by atoms with Gasteiger partial charge in [-0.3, -0.25) is 0 Å². The molecule has 0 fully saturated rings. The van der Waals surface area contributed by atoms with Crippen LogP contribution in [0.4, 0.5) is 0 Å². The zero-order chi connectivity index (χ0) is 12.3. The van der Waals surface area contributed by atoms with E-state index in [2.05, 4.69) is 22.6 Å². The van der Waals surface area contributed by atoms with E-state index >= 15 is 0 Å². The van der Waals surface area contributed by atoms with Crippen LogP contribution in [-0.4, -0.2) is 7.11 Å². The lowest BCUT2D eigenvalue weighted by atomic mass is 10.3. The highest BCUT2D eigenvalue weighted by Crippen LogP contribution is 2.34. The number of ether oxygens (including phenoxy) is 2. The third kappa shape index (κ3) is 3.26. The van der Waals surface area contributed by atoms with E-state index in [1.165, 1.54) is 0 Å². The minimum absolute atomic E-state index is 0.613. The fourth-order valence-electron chi connectivity index (χ4n) is 1.39. The summed E-state index contributed by atoms with van der Waals surface area (Å²) in [7, 11) is 1.60. The van der Waals surface area contributed by atoms with Gasteiger partial charge in [0.05, 0.1) is 7.11 Å². The van der Waals surface area contributed by atoms with E-state index in [1.807, 2.05) is 24.3 Å². The maximum Gasteiger partial charge on any atom is 0.170 e. The molecule has 2 aromatic rings. The van der Waals surface area contributed by atoms with Gasteiger partial charge in [0.25, 0.3) is 0 Å². The zero-order valence-corrected chi connectivity index (χ0v) is 12.0. The number of methoxy groups -OCH3 is 1. The Labute approximate surface area is 119 Å². The van der Waals surface area contributed by atoms with Crippen LogP contribution in [-0.2, 0) is 0 Å². The van der Waals surface area contributed by atoms with Crippen molar-refractivity contribution in [1.82, 2.24) is 0 Å². The van der Waals surface area contributed by atoms with Crippen LogP contribution in [0.5, 0.6) is 17.2 Å². The van der Waals surface area contributed by atoms with Crippen molar-refractivity contribution < 1.29 is 9.47 Å². The molecule has 0 spiro atoms. The first-order valence-electron chi connectivity index (χ1n) is 4.96. The van der Waals surface area contributed by atoms with Crippen LogP contribution >= 0.6 is 34.2 Å². The molecule has 0 unspecified atom stereocenters. The molecule has 0 saturated carbocycles. The largest absolute Gasteiger partial charge is 0.493 e. The maximum atomic E-state index is 5.93. The molecular weight excluding hydrogens is 350 g/mol. The molecule has 88 valence electrons. The standard InChI is InChI=1S/C13H10ClIO2/c1-16-12-6-5-9(14)7-13(12)17-11-4-2-3-10(15)8-11/h2-8H,1H3. The summed E-state index contributed by atoms with van der Waals surface area (Å²) in [4.78, 5) is 0. The van der Waals surface area contributed by atoms with Crippen molar-refractivity contribution in [3.05, 3.63) is 51.1 Å². The molecule has 0 bridgehead atoms. The Balaban J connectivity index is 2.32. The molecule has 2 nitrogen and oxygen atoms in total. The van der Waals surface area contributed by atoms with Gasteiger partial charge < -0.3 is 9.47 Å². The summed E-state index contributed by atoms with van der Waals surface area (Å²) in [5.74, 6) is 2.03. The molecule has 2 rings (SSSR count). The molecule has 0 aromatic heterocycles. The van der Waals surface area contributed by atoms with E-state index in [0.717, 1.165) is 9.32 Å². The fraction of sp³-hybridized carbons (Fsp3) is 0.0769. The van der Waals surface area contributed by atoms with Gasteiger partial charge in [-0.1, -0.05) is 17.7 Å². The van der Waals surface area contributed by atoms with E-state index in [4.69, 9.17) is 21.1 Å². The van der Waals surface area contributed by atoms with Crippen molar-refractivity contribution in [2.24, 2.45) is 0 Å². The van der Waals surface area contributed by atoms with Crippen LogP contribution in [0.3, 0.4) is 0 Å². The van der Waals surface area contributed by atoms with Crippen molar-refractivity contribution >= 4 is 34.2 Å². The smallest absolute Gasteiger partial charge is 0.170 e. The lowest BCUT2D eigenvalue weighted by Crippen LogP contribution is -1.90. The molecule has 0 N–H and O–H groups in total. The predicted molar refractivity (Wildman–Crippen MR) is 77.2 cm³/mol. The molecule has 0 atom stereocenters. The third-order valence-electron chi connectivity index (χ3n) is 2.15. The van der Waals surface area contributed by atoms with Gasteiger partial charge in [0.1, 0.15) is 5.75 Å². The van der Waals surface area contributed by atoms with Gasteiger partial charge in [-0.15, -0.1) is 0 Å². The van der Waals surface area contributed by atoms with E-state index in [1.54, 1.807) is 25.3 Å². The van der Waals surface area contributed by atoms with Crippen molar-refractivity contribution in [2.75, 3.05) is 7.11 Å². The summed E-state index contributed by atoms with van der Waals surface area (Å²) in [5, 5.41) is 0.617. The van der Waals surface area contributed by atoms with Crippen LogP contribution in [0.15, 0.2) is 42.5 Å². The summed E-state index contributed by atoms with van der Waals surface area (Å²) in [5.41, 5.74) is 0. The second kappa shape index (κ2) is 5.60. The number of halogens is 2. The first-order valence-corrected chi connectivity index (χ1v) is 6.41. The molecule has 17 heavy (non-hydrogen) atoms. The van der Waals surface area contributed by atoms with Crippen LogP contribution in [0.2, 0.25) is 5.02 Å². The topological polar surface area (TPSA) is 18.5 Å². The van der Waals surface area contributed by atoms with E-state index < -0.39 is 0 Å². The number of hydrogen-bond acceptors (Lipinski definition) is 2. The van der Waals surface area contributed by atoms with Gasteiger partial charge in [-0.05, 0) is 52.9 Å². The van der Waals surface area contributed by atoms with E-state index in [9.17, 15) is 0 Å². The van der Waals surface area contributed by atoms with Crippen molar-refractivity contribution in [3.8, 4) is 17.2 Å². The number of rotatable bonds is 3. The first-order chi connectivity index (χ1) is 8.19. The van der Waals surface area contributed by atoms with Crippen LogP contribution in [0.25, 0.3) is 0 Å². The number of benzene rings is 2. The van der Waals surface area contributed by atoms with Gasteiger partial charge in [-0.25, -0.2) is 0 Å². The fourth-order valence-corrected chi connectivity index (χ4v) is 2.06. The van der Waals surface area contributed by atoms with Crippen molar-refractivity contribution in [1.29, 1.82) is 0 Å². The highest BCUT2D eigenvalue weighted by atomic mass is 127. The summed E-state index contributed by atoms with van der Waals surface area (Å²) in [6.07, 6.45) is 0. The number of hydrogen-bond donors (Lipinski definition) is 0. The monoisotopic (exact) mass is 360 g/mol. The molecule has 0 aliphatic heterocycles. The highest BCUT2D eigenvalue weighted by Gasteiger charge is 2.06. The molecule has 0 radical (unpaired) electrons. The van der Waals surface area contributed by atoms with Gasteiger partial charge in [0, 0.05) is 14.7 Å². The minimum Gasteiger partial charge on any atom is -0.493 e. The SMILES string of the molecule is COc1ccc(Cl)cc1Oc1cccc(I)c1. The predicted octanol–water partition coefficient (Wildman–Crippen LogP) is 4.75. The Bertz CT molecular complexity index is 529. The first kappa shape index (κ1) is 12.5. The molecule has 0 amide bonds. The second-order valence-electron chi connectivity index (χ2n) is 3.35. The summed E-state index contributed by atoms with van der Waals surface area (Å²) in [6, 6.07) is 13.1. The van der Waals surface area contributed by atoms with E-state index in [0.29, 0.717) is 16.5 Å². The van der Waals surface area contributed by atoms with Gasteiger partial charge in [-0.2, -0.15) is 0 Å². The molecular formula is C13H10ClIO2. The molecule has 0 saturated heterocycles. The van der Waals surface area contributed by atoms with Crippen LogP contribution < -0.4 is 9.47 Å². The lowest BCUT2D eigenvalue weighted by molar-refractivity contribution is 0.379. The molecule has 0 aliphatic carbocycles. The Morgan fingerprint density at radius 1 is 1.06 bits per heavy atom. The molecule has 2 aromatic carbocycles.